The van der Waals surface area contributed by atoms with E-state index in [9.17, 15) is 18.0 Å². The van der Waals surface area contributed by atoms with Gasteiger partial charge in [0.05, 0.1) is 5.69 Å². The number of rotatable bonds is 4. The number of hydrogen-bond donors (Lipinski definition) is 2. The van der Waals surface area contributed by atoms with E-state index in [0.29, 0.717) is 10.6 Å². The molecule has 0 aliphatic carbocycles. The molecule has 0 saturated heterocycles. The number of benzene rings is 1. The first-order valence-corrected chi connectivity index (χ1v) is 6.24. The van der Waals surface area contributed by atoms with Crippen LogP contribution in [-0.4, -0.2) is 12.5 Å². The minimum atomic E-state index is -3.11. The Kier molecular flexibility index (Phi) is 4.14. The summed E-state index contributed by atoms with van der Waals surface area (Å²) in [6, 6.07) is 4.72. The van der Waals surface area contributed by atoms with E-state index in [2.05, 4.69) is 10.1 Å². The van der Waals surface area contributed by atoms with Crippen molar-refractivity contribution < 1.29 is 22.7 Å². The second kappa shape index (κ2) is 5.83. The van der Waals surface area contributed by atoms with Crippen molar-refractivity contribution >= 4 is 28.6 Å². The Bertz CT molecular complexity index is 631. The number of nitrogen functional groups attached to an aromatic ring is 1. The van der Waals surface area contributed by atoms with Crippen LogP contribution >= 0.6 is 11.3 Å². The van der Waals surface area contributed by atoms with E-state index in [1.54, 1.807) is 11.4 Å². The minimum Gasteiger partial charge on any atom is -0.432 e. The van der Waals surface area contributed by atoms with Crippen molar-refractivity contribution in [1.29, 1.82) is 0 Å². The molecule has 0 aliphatic rings. The molecule has 0 fully saturated rings. The standard InChI is InChI=1S/C12H9F3N2O2S/c13-7-5-6(1-2-9(7)19-12(14)15)17-11(18)10-8(16)3-4-20-10/h1-5,12H,16H2,(H,17,18). The van der Waals surface area contributed by atoms with Gasteiger partial charge < -0.3 is 15.8 Å². The van der Waals surface area contributed by atoms with Gasteiger partial charge in [-0.25, -0.2) is 4.39 Å². The highest BCUT2D eigenvalue weighted by Crippen LogP contribution is 2.24. The molecule has 0 bridgehead atoms. The highest BCUT2D eigenvalue weighted by Gasteiger charge is 2.14. The maximum Gasteiger partial charge on any atom is 0.387 e. The lowest BCUT2D eigenvalue weighted by Gasteiger charge is -2.08. The number of nitrogens with one attached hydrogen (secondary N) is 1. The number of nitrogens with two attached hydrogens (primary N) is 1. The Hall–Kier alpha value is -2.22. The summed E-state index contributed by atoms with van der Waals surface area (Å²) in [5, 5.41) is 4.06. The summed E-state index contributed by atoms with van der Waals surface area (Å²) < 4.78 is 41.3. The number of carbonyl (C=O) groups is 1. The lowest BCUT2D eigenvalue weighted by Crippen LogP contribution is -2.12. The molecule has 1 aromatic heterocycles. The zero-order valence-corrected chi connectivity index (χ0v) is 10.7. The van der Waals surface area contributed by atoms with Crippen LogP contribution in [0.3, 0.4) is 0 Å². The highest BCUT2D eigenvalue weighted by molar-refractivity contribution is 7.12. The average Bonchev–Trinajstić information content (AvgIpc) is 2.78. The van der Waals surface area contributed by atoms with Gasteiger partial charge in [-0.15, -0.1) is 11.3 Å². The first kappa shape index (κ1) is 14.2. The Morgan fingerprint density at radius 3 is 2.65 bits per heavy atom. The molecule has 4 nitrogen and oxygen atoms in total. The third kappa shape index (κ3) is 3.21. The van der Waals surface area contributed by atoms with Crippen LogP contribution in [0.1, 0.15) is 9.67 Å². The third-order valence-corrected chi connectivity index (χ3v) is 3.24. The molecule has 2 aromatic rings. The van der Waals surface area contributed by atoms with Crippen molar-refractivity contribution in [2.24, 2.45) is 0 Å². The third-order valence-electron chi connectivity index (χ3n) is 2.31. The lowest BCUT2D eigenvalue weighted by atomic mass is 10.2. The van der Waals surface area contributed by atoms with E-state index in [1.165, 1.54) is 6.07 Å². The molecule has 0 radical (unpaired) electrons. The number of halogens is 3. The molecule has 0 saturated carbocycles. The summed E-state index contributed by atoms with van der Waals surface area (Å²) in [6.07, 6.45) is 0. The van der Waals surface area contributed by atoms with E-state index in [-0.39, 0.29) is 5.69 Å². The van der Waals surface area contributed by atoms with Crippen LogP contribution in [0.25, 0.3) is 0 Å². The SMILES string of the molecule is Nc1ccsc1C(=O)Nc1ccc(OC(F)F)c(F)c1. The Morgan fingerprint density at radius 2 is 2.10 bits per heavy atom. The fourth-order valence-electron chi connectivity index (χ4n) is 1.46. The molecule has 0 atom stereocenters. The van der Waals surface area contributed by atoms with E-state index in [4.69, 9.17) is 5.73 Å². The summed E-state index contributed by atoms with van der Waals surface area (Å²) in [4.78, 5) is 12.1. The van der Waals surface area contributed by atoms with Crippen LogP contribution < -0.4 is 15.8 Å². The monoisotopic (exact) mass is 302 g/mol. The molecule has 3 N–H and O–H groups in total. The molecular weight excluding hydrogens is 293 g/mol. The summed E-state index contributed by atoms with van der Waals surface area (Å²) in [5.74, 6) is -2.09. The molecular formula is C12H9F3N2O2S. The highest BCUT2D eigenvalue weighted by atomic mass is 32.1. The predicted molar refractivity (Wildman–Crippen MR) is 69.7 cm³/mol. The smallest absolute Gasteiger partial charge is 0.387 e. The van der Waals surface area contributed by atoms with Crippen molar-refractivity contribution in [2.75, 3.05) is 11.1 Å². The van der Waals surface area contributed by atoms with Crippen LogP contribution in [0, 0.1) is 5.82 Å². The topological polar surface area (TPSA) is 64.4 Å². The number of alkyl halides is 2. The van der Waals surface area contributed by atoms with Gasteiger partial charge in [-0.2, -0.15) is 8.78 Å². The maximum atomic E-state index is 13.5. The summed E-state index contributed by atoms with van der Waals surface area (Å²) in [7, 11) is 0. The predicted octanol–water partition coefficient (Wildman–Crippen LogP) is 3.32. The van der Waals surface area contributed by atoms with E-state index >= 15 is 0 Å². The normalized spacial score (nSPS) is 10.6. The first-order valence-electron chi connectivity index (χ1n) is 5.36. The van der Waals surface area contributed by atoms with E-state index in [1.807, 2.05) is 0 Å². The lowest BCUT2D eigenvalue weighted by molar-refractivity contribution is -0.0521. The molecule has 0 aliphatic heterocycles. The molecule has 1 aromatic carbocycles. The number of hydrogen-bond acceptors (Lipinski definition) is 4. The Labute approximate surface area is 116 Å². The quantitative estimate of drug-likeness (QED) is 0.910. The van der Waals surface area contributed by atoms with Crippen LogP contribution in [-0.2, 0) is 0 Å². The summed E-state index contributed by atoms with van der Waals surface area (Å²) in [6.45, 7) is -3.11. The molecule has 1 heterocycles. The fourth-order valence-corrected chi connectivity index (χ4v) is 2.17. The Morgan fingerprint density at radius 1 is 1.35 bits per heavy atom. The van der Waals surface area contributed by atoms with Crippen molar-refractivity contribution in [1.82, 2.24) is 0 Å². The van der Waals surface area contributed by atoms with Crippen LogP contribution in [0.4, 0.5) is 24.5 Å². The van der Waals surface area contributed by atoms with Crippen molar-refractivity contribution in [3.05, 3.63) is 40.3 Å². The van der Waals surface area contributed by atoms with E-state index < -0.39 is 24.1 Å². The molecule has 8 heteroatoms. The Balaban J connectivity index is 2.13. The number of carbonyl (C=O) groups excluding carboxylic acids is 1. The van der Waals surface area contributed by atoms with Gasteiger partial charge in [-0.05, 0) is 23.6 Å². The van der Waals surface area contributed by atoms with Crippen molar-refractivity contribution in [3.63, 3.8) is 0 Å². The van der Waals surface area contributed by atoms with Gasteiger partial charge in [0.15, 0.2) is 11.6 Å². The summed E-state index contributed by atoms with van der Waals surface area (Å²) >= 11 is 1.14. The van der Waals surface area contributed by atoms with Crippen molar-refractivity contribution in [2.45, 2.75) is 6.61 Å². The fraction of sp³-hybridized carbons (Fsp3) is 0.0833. The molecule has 1 amide bonds. The maximum absolute atomic E-state index is 13.5. The largest absolute Gasteiger partial charge is 0.432 e. The molecule has 106 valence electrons. The molecule has 0 unspecified atom stereocenters. The van der Waals surface area contributed by atoms with Gasteiger partial charge in [-0.3, -0.25) is 4.79 Å². The van der Waals surface area contributed by atoms with Gasteiger partial charge in [0.1, 0.15) is 4.88 Å². The van der Waals surface area contributed by atoms with E-state index in [0.717, 1.165) is 23.5 Å². The second-order valence-electron chi connectivity index (χ2n) is 3.68. The molecule has 0 spiro atoms. The van der Waals surface area contributed by atoms with Crippen molar-refractivity contribution in [3.8, 4) is 5.75 Å². The van der Waals surface area contributed by atoms with Gasteiger partial charge in [-0.1, -0.05) is 0 Å². The second-order valence-corrected chi connectivity index (χ2v) is 4.60. The number of thiophene rings is 1. The van der Waals surface area contributed by atoms with Gasteiger partial charge >= 0.3 is 6.61 Å². The zero-order valence-electron chi connectivity index (χ0n) is 9.90. The number of amides is 1. The van der Waals surface area contributed by atoms with Gasteiger partial charge in [0, 0.05) is 11.8 Å². The zero-order chi connectivity index (χ0) is 14.7. The molecule has 2 rings (SSSR count). The number of ether oxygens (including phenoxy) is 1. The molecule has 20 heavy (non-hydrogen) atoms. The first-order chi connectivity index (χ1) is 9.47. The van der Waals surface area contributed by atoms with Gasteiger partial charge in [0.25, 0.3) is 5.91 Å². The van der Waals surface area contributed by atoms with Crippen LogP contribution in [0.15, 0.2) is 29.6 Å². The number of anilines is 2. The summed E-state index contributed by atoms with van der Waals surface area (Å²) in [5.41, 5.74) is 6.00. The van der Waals surface area contributed by atoms with Crippen LogP contribution in [0.5, 0.6) is 5.75 Å². The average molecular weight is 302 g/mol. The van der Waals surface area contributed by atoms with Gasteiger partial charge in [0.2, 0.25) is 0 Å². The van der Waals surface area contributed by atoms with Crippen LogP contribution in [0.2, 0.25) is 0 Å². The minimum absolute atomic E-state index is 0.113.